The molecule has 8 heteroatoms. The van der Waals surface area contributed by atoms with E-state index in [9.17, 15) is 13.2 Å². The highest BCUT2D eigenvalue weighted by molar-refractivity contribution is 7.89. The third-order valence-corrected chi connectivity index (χ3v) is 4.37. The fourth-order valence-corrected chi connectivity index (χ4v) is 2.84. The summed E-state index contributed by atoms with van der Waals surface area (Å²) in [6, 6.07) is 7.63. The summed E-state index contributed by atoms with van der Waals surface area (Å²) in [7, 11) is -2.45. The van der Waals surface area contributed by atoms with Gasteiger partial charge in [-0.1, -0.05) is 6.07 Å². The Labute approximate surface area is 128 Å². The van der Waals surface area contributed by atoms with E-state index in [-0.39, 0.29) is 17.0 Å². The van der Waals surface area contributed by atoms with Gasteiger partial charge >= 0.3 is 0 Å². The fourth-order valence-electron chi connectivity index (χ4n) is 1.82. The van der Waals surface area contributed by atoms with Gasteiger partial charge in [0.05, 0.1) is 24.8 Å². The zero-order chi connectivity index (χ0) is 16.2. The van der Waals surface area contributed by atoms with E-state index in [1.807, 2.05) is 0 Å². The Morgan fingerprint density at radius 1 is 1.32 bits per heavy atom. The average molecular weight is 324 g/mol. The van der Waals surface area contributed by atoms with Crippen LogP contribution in [0.1, 0.15) is 21.7 Å². The molecule has 1 aromatic carbocycles. The summed E-state index contributed by atoms with van der Waals surface area (Å²) in [5.41, 5.74) is 3.03. The molecule has 1 heterocycles. The maximum atomic E-state index is 12.3. The van der Waals surface area contributed by atoms with Gasteiger partial charge in [0.2, 0.25) is 10.0 Å². The lowest BCUT2D eigenvalue weighted by molar-refractivity contribution is 0.0537. The number of carbonyl (C=O) groups excluding carboxylic acids is 1. The number of carbonyl (C=O) groups is 1. The summed E-state index contributed by atoms with van der Waals surface area (Å²) < 4.78 is 32.0. The first-order valence-corrected chi connectivity index (χ1v) is 7.88. The number of aryl methyl sites for hydroxylation is 1. The van der Waals surface area contributed by atoms with Gasteiger partial charge in [-0.25, -0.2) is 18.6 Å². The lowest BCUT2D eigenvalue weighted by Crippen LogP contribution is -2.25. The molecule has 2 rings (SSSR count). The van der Waals surface area contributed by atoms with E-state index in [4.69, 9.17) is 4.42 Å². The summed E-state index contributed by atoms with van der Waals surface area (Å²) in [5, 5.41) is 0. The molecular formula is C14H16N2O5S. The van der Waals surface area contributed by atoms with Crippen molar-refractivity contribution >= 4 is 15.9 Å². The highest BCUT2D eigenvalue weighted by Gasteiger charge is 2.18. The molecule has 0 radical (unpaired) electrons. The molecule has 1 amide bonds. The van der Waals surface area contributed by atoms with E-state index in [0.717, 1.165) is 0 Å². The molecular weight excluding hydrogens is 308 g/mol. The Kier molecular flexibility index (Phi) is 4.96. The maximum Gasteiger partial charge on any atom is 0.275 e. The standard InChI is InChI=1S/C14H16N2O5S/c1-10-5-6-12(8-13(10)14(17)16-20-2)22(18,19)15-9-11-4-3-7-21-11/h3-8,15H,9H2,1-2H3,(H,16,17). The van der Waals surface area contributed by atoms with Crippen LogP contribution in [0.25, 0.3) is 0 Å². The minimum atomic E-state index is -3.75. The van der Waals surface area contributed by atoms with Crippen LogP contribution >= 0.6 is 0 Å². The van der Waals surface area contributed by atoms with E-state index >= 15 is 0 Å². The van der Waals surface area contributed by atoms with Crippen molar-refractivity contribution in [3.8, 4) is 0 Å². The van der Waals surface area contributed by atoms with Gasteiger partial charge in [0.25, 0.3) is 5.91 Å². The first-order valence-electron chi connectivity index (χ1n) is 6.40. The van der Waals surface area contributed by atoms with E-state index in [1.54, 1.807) is 25.1 Å². The van der Waals surface area contributed by atoms with Gasteiger partial charge < -0.3 is 4.42 Å². The molecule has 0 bridgehead atoms. The minimum Gasteiger partial charge on any atom is -0.468 e. The van der Waals surface area contributed by atoms with Crippen molar-refractivity contribution in [2.45, 2.75) is 18.4 Å². The van der Waals surface area contributed by atoms with E-state index < -0.39 is 15.9 Å². The van der Waals surface area contributed by atoms with Crippen LogP contribution in [-0.2, 0) is 21.4 Å². The Bertz CT molecular complexity index is 754. The van der Waals surface area contributed by atoms with Crippen LogP contribution in [0.15, 0.2) is 45.9 Å². The van der Waals surface area contributed by atoms with Gasteiger partial charge in [0.1, 0.15) is 5.76 Å². The van der Waals surface area contributed by atoms with Crippen molar-refractivity contribution < 1.29 is 22.5 Å². The second-order valence-electron chi connectivity index (χ2n) is 4.52. The summed E-state index contributed by atoms with van der Waals surface area (Å²) in [6.07, 6.45) is 1.46. The number of rotatable bonds is 6. The quantitative estimate of drug-likeness (QED) is 0.782. The number of nitrogens with one attached hydrogen (secondary N) is 2. The zero-order valence-electron chi connectivity index (χ0n) is 12.1. The molecule has 0 spiro atoms. The highest BCUT2D eigenvalue weighted by atomic mass is 32.2. The smallest absolute Gasteiger partial charge is 0.275 e. The largest absolute Gasteiger partial charge is 0.468 e. The Hall–Kier alpha value is -2.16. The SMILES string of the molecule is CONC(=O)c1cc(S(=O)(=O)NCc2ccco2)ccc1C. The van der Waals surface area contributed by atoms with Crippen molar-refractivity contribution in [2.75, 3.05) is 7.11 Å². The molecule has 7 nitrogen and oxygen atoms in total. The lowest BCUT2D eigenvalue weighted by Gasteiger charge is -2.10. The summed E-state index contributed by atoms with van der Waals surface area (Å²) >= 11 is 0. The topological polar surface area (TPSA) is 97.6 Å². The molecule has 0 aliphatic heterocycles. The fraction of sp³-hybridized carbons (Fsp3) is 0.214. The molecule has 2 aromatic rings. The van der Waals surface area contributed by atoms with Gasteiger partial charge in [0, 0.05) is 5.56 Å². The predicted octanol–water partition coefficient (Wildman–Crippen LogP) is 1.36. The van der Waals surface area contributed by atoms with E-state index in [0.29, 0.717) is 11.3 Å². The molecule has 0 aliphatic rings. The molecule has 1 aromatic heterocycles. The summed E-state index contributed by atoms with van der Waals surface area (Å²) in [5.74, 6) is -0.0175. The number of hydrogen-bond donors (Lipinski definition) is 2. The van der Waals surface area contributed by atoms with Gasteiger partial charge in [-0.3, -0.25) is 9.63 Å². The first-order chi connectivity index (χ1) is 10.4. The molecule has 0 unspecified atom stereocenters. The maximum absolute atomic E-state index is 12.3. The molecule has 0 fully saturated rings. The predicted molar refractivity (Wildman–Crippen MR) is 78.4 cm³/mol. The summed E-state index contributed by atoms with van der Waals surface area (Å²) in [6.45, 7) is 1.74. The number of benzene rings is 1. The zero-order valence-corrected chi connectivity index (χ0v) is 12.9. The van der Waals surface area contributed by atoms with Crippen molar-refractivity contribution in [2.24, 2.45) is 0 Å². The van der Waals surface area contributed by atoms with Crippen molar-refractivity contribution in [1.82, 2.24) is 10.2 Å². The normalized spacial score (nSPS) is 11.4. The highest BCUT2D eigenvalue weighted by Crippen LogP contribution is 2.16. The van der Waals surface area contributed by atoms with Crippen LogP contribution in [-0.4, -0.2) is 21.4 Å². The van der Waals surface area contributed by atoms with Crippen LogP contribution in [0.2, 0.25) is 0 Å². The number of furan rings is 1. The monoisotopic (exact) mass is 324 g/mol. The Morgan fingerprint density at radius 2 is 2.09 bits per heavy atom. The molecule has 0 saturated carbocycles. The van der Waals surface area contributed by atoms with Crippen molar-refractivity contribution in [1.29, 1.82) is 0 Å². The van der Waals surface area contributed by atoms with Gasteiger partial charge in [-0.15, -0.1) is 0 Å². The second kappa shape index (κ2) is 6.73. The first kappa shape index (κ1) is 16.2. The van der Waals surface area contributed by atoms with Gasteiger partial charge in [0.15, 0.2) is 0 Å². The number of sulfonamides is 1. The van der Waals surface area contributed by atoms with Crippen LogP contribution in [0.5, 0.6) is 0 Å². The van der Waals surface area contributed by atoms with Crippen LogP contribution in [0.3, 0.4) is 0 Å². The van der Waals surface area contributed by atoms with Crippen LogP contribution < -0.4 is 10.2 Å². The number of hydrogen-bond acceptors (Lipinski definition) is 5. The van der Waals surface area contributed by atoms with E-state index in [1.165, 1.54) is 25.5 Å². The third-order valence-electron chi connectivity index (χ3n) is 2.98. The molecule has 0 aliphatic carbocycles. The molecule has 2 N–H and O–H groups in total. The minimum absolute atomic E-state index is 0.00842. The number of amides is 1. The van der Waals surface area contributed by atoms with Gasteiger partial charge in [-0.05, 0) is 36.8 Å². The van der Waals surface area contributed by atoms with Crippen LogP contribution in [0.4, 0.5) is 0 Å². The van der Waals surface area contributed by atoms with Gasteiger partial charge in [-0.2, -0.15) is 0 Å². The van der Waals surface area contributed by atoms with E-state index in [2.05, 4.69) is 15.0 Å². The Balaban J connectivity index is 2.23. The summed E-state index contributed by atoms with van der Waals surface area (Å²) in [4.78, 5) is 16.4. The van der Waals surface area contributed by atoms with Crippen LogP contribution in [0, 0.1) is 6.92 Å². The van der Waals surface area contributed by atoms with Crippen molar-refractivity contribution in [3.05, 3.63) is 53.5 Å². The molecule has 22 heavy (non-hydrogen) atoms. The number of hydroxylamine groups is 1. The van der Waals surface area contributed by atoms with Crippen molar-refractivity contribution in [3.63, 3.8) is 0 Å². The lowest BCUT2D eigenvalue weighted by atomic mass is 10.1. The molecule has 0 atom stereocenters. The second-order valence-corrected chi connectivity index (χ2v) is 6.28. The molecule has 0 saturated heterocycles. The Morgan fingerprint density at radius 3 is 2.73 bits per heavy atom. The third kappa shape index (κ3) is 3.73. The average Bonchev–Trinajstić information content (AvgIpc) is 2.99. The molecule has 118 valence electrons.